The van der Waals surface area contributed by atoms with Gasteiger partial charge in [0, 0.05) is 18.7 Å². The minimum absolute atomic E-state index is 0.126. The first-order valence-electron chi connectivity index (χ1n) is 11.9. The van der Waals surface area contributed by atoms with Crippen LogP contribution >= 0.6 is 11.3 Å². The van der Waals surface area contributed by atoms with Gasteiger partial charge >= 0.3 is 0 Å². The number of rotatable bonds is 10. The summed E-state index contributed by atoms with van der Waals surface area (Å²) in [6, 6.07) is 19.3. The standard InChI is InChI=1S/C27H27FN4O3S2/c1-3-16-31(17-4-2)37(34,35)23-13-10-21(11-14-23)26(33)32(29-19-20-8-6-5-7-9-20)27-30-24-15-12-22(28)18-25(24)36-27/h5-15,18-19H,3-4,16-17H2,1-2H3/b29-19+. The molecule has 0 aliphatic rings. The molecule has 1 amide bonds. The van der Waals surface area contributed by atoms with Crippen molar-refractivity contribution in [2.45, 2.75) is 31.6 Å². The summed E-state index contributed by atoms with van der Waals surface area (Å²) in [5, 5.41) is 5.82. The van der Waals surface area contributed by atoms with Crippen LogP contribution in [0.2, 0.25) is 0 Å². The number of thiazole rings is 1. The third-order valence-corrected chi connectivity index (χ3v) is 8.43. The molecule has 192 valence electrons. The van der Waals surface area contributed by atoms with Crippen LogP contribution in [0.1, 0.15) is 42.6 Å². The SMILES string of the molecule is CCCN(CCC)S(=O)(=O)c1ccc(C(=O)N(/N=C/c2ccccc2)c2nc3ccc(F)cc3s2)cc1. The highest BCUT2D eigenvalue weighted by Gasteiger charge is 2.25. The predicted octanol–water partition coefficient (Wildman–Crippen LogP) is 5.93. The van der Waals surface area contributed by atoms with E-state index in [1.807, 2.05) is 44.2 Å². The van der Waals surface area contributed by atoms with E-state index in [-0.39, 0.29) is 15.6 Å². The van der Waals surface area contributed by atoms with E-state index in [1.54, 1.807) is 6.07 Å². The normalized spacial score (nSPS) is 12.0. The molecule has 4 rings (SSSR count). The molecule has 3 aromatic carbocycles. The molecule has 4 aromatic rings. The summed E-state index contributed by atoms with van der Waals surface area (Å²) >= 11 is 1.14. The summed E-state index contributed by atoms with van der Waals surface area (Å²) in [6.07, 6.45) is 2.95. The van der Waals surface area contributed by atoms with E-state index in [9.17, 15) is 17.6 Å². The van der Waals surface area contributed by atoms with Gasteiger partial charge in [-0.3, -0.25) is 4.79 Å². The summed E-state index contributed by atoms with van der Waals surface area (Å²) in [4.78, 5) is 18.2. The number of halogens is 1. The van der Waals surface area contributed by atoms with Crippen molar-refractivity contribution < 1.29 is 17.6 Å². The highest BCUT2D eigenvalue weighted by molar-refractivity contribution is 7.89. The zero-order chi connectivity index (χ0) is 26.4. The van der Waals surface area contributed by atoms with Crippen LogP contribution in [-0.2, 0) is 10.0 Å². The van der Waals surface area contributed by atoms with Crippen LogP contribution in [0.25, 0.3) is 10.2 Å². The van der Waals surface area contributed by atoms with E-state index in [0.717, 1.165) is 21.9 Å². The molecule has 0 N–H and O–H groups in total. The Morgan fingerprint density at radius 1 is 1.00 bits per heavy atom. The molecule has 0 aliphatic heterocycles. The molecule has 0 atom stereocenters. The Balaban J connectivity index is 1.68. The fraction of sp³-hybridized carbons (Fsp3) is 0.222. The molecule has 0 unspecified atom stereocenters. The van der Waals surface area contributed by atoms with Gasteiger partial charge in [-0.2, -0.15) is 14.4 Å². The van der Waals surface area contributed by atoms with Gasteiger partial charge in [-0.25, -0.2) is 17.8 Å². The smallest absolute Gasteiger partial charge is 0.267 e. The van der Waals surface area contributed by atoms with Gasteiger partial charge in [0.1, 0.15) is 5.82 Å². The Kier molecular flexibility index (Phi) is 8.42. The molecular formula is C27H27FN4O3S2. The first-order chi connectivity index (χ1) is 17.8. The highest BCUT2D eigenvalue weighted by Crippen LogP contribution is 2.31. The number of anilines is 1. The molecular weight excluding hydrogens is 511 g/mol. The van der Waals surface area contributed by atoms with Gasteiger partial charge in [0.15, 0.2) is 0 Å². The Morgan fingerprint density at radius 3 is 2.32 bits per heavy atom. The van der Waals surface area contributed by atoms with Gasteiger partial charge in [0.2, 0.25) is 15.2 Å². The van der Waals surface area contributed by atoms with Crippen LogP contribution in [0.15, 0.2) is 82.8 Å². The van der Waals surface area contributed by atoms with E-state index in [0.29, 0.717) is 36.1 Å². The first-order valence-corrected chi connectivity index (χ1v) is 14.2. The lowest BCUT2D eigenvalue weighted by atomic mass is 10.2. The molecule has 10 heteroatoms. The Morgan fingerprint density at radius 2 is 1.68 bits per heavy atom. The molecule has 0 saturated heterocycles. The van der Waals surface area contributed by atoms with Gasteiger partial charge in [0.25, 0.3) is 5.91 Å². The number of carbonyl (C=O) groups is 1. The maximum atomic E-state index is 13.7. The summed E-state index contributed by atoms with van der Waals surface area (Å²) in [6.45, 7) is 4.72. The highest BCUT2D eigenvalue weighted by atomic mass is 32.2. The number of aromatic nitrogens is 1. The fourth-order valence-corrected chi connectivity index (χ4v) is 6.29. The van der Waals surface area contributed by atoms with Crippen molar-refractivity contribution in [2.75, 3.05) is 18.1 Å². The van der Waals surface area contributed by atoms with Crippen LogP contribution in [0.5, 0.6) is 0 Å². The summed E-state index contributed by atoms with van der Waals surface area (Å²) < 4.78 is 42.0. The van der Waals surface area contributed by atoms with Crippen molar-refractivity contribution in [3.05, 3.63) is 89.7 Å². The van der Waals surface area contributed by atoms with E-state index in [2.05, 4.69) is 10.1 Å². The zero-order valence-corrected chi connectivity index (χ0v) is 22.2. The number of benzene rings is 3. The number of nitrogens with zero attached hydrogens (tertiary/aromatic N) is 4. The molecule has 1 aromatic heterocycles. The number of carbonyl (C=O) groups excluding carboxylic acids is 1. The second-order valence-corrected chi connectivity index (χ2v) is 11.3. The minimum atomic E-state index is -3.67. The van der Waals surface area contributed by atoms with E-state index >= 15 is 0 Å². The Hall–Kier alpha value is -3.47. The van der Waals surface area contributed by atoms with Gasteiger partial charge in [-0.1, -0.05) is 55.5 Å². The quantitative estimate of drug-likeness (QED) is 0.185. The molecule has 0 aliphatic carbocycles. The molecule has 0 fully saturated rings. The van der Waals surface area contributed by atoms with Crippen LogP contribution in [0.4, 0.5) is 9.52 Å². The molecule has 0 saturated carbocycles. The molecule has 0 bridgehead atoms. The third kappa shape index (κ3) is 6.10. The van der Waals surface area contributed by atoms with Crippen molar-refractivity contribution >= 4 is 48.8 Å². The maximum absolute atomic E-state index is 13.7. The monoisotopic (exact) mass is 538 g/mol. The Labute approximate surface area is 219 Å². The van der Waals surface area contributed by atoms with E-state index in [1.165, 1.54) is 46.9 Å². The lowest BCUT2D eigenvalue weighted by molar-refractivity contribution is 0.0987. The van der Waals surface area contributed by atoms with Crippen molar-refractivity contribution in [1.29, 1.82) is 0 Å². The van der Waals surface area contributed by atoms with Crippen molar-refractivity contribution in [1.82, 2.24) is 9.29 Å². The first kappa shape index (κ1) is 26.6. The molecule has 7 nitrogen and oxygen atoms in total. The largest absolute Gasteiger partial charge is 0.280 e. The molecule has 37 heavy (non-hydrogen) atoms. The number of amides is 1. The van der Waals surface area contributed by atoms with Crippen LogP contribution in [0, 0.1) is 5.82 Å². The predicted molar refractivity (Wildman–Crippen MR) is 146 cm³/mol. The second-order valence-electron chi connectivity index (χ2n) is 8.31. The number of hydrazone groups is 1. The molecule has 0 radical (unpaired) electrons. The topological polar surface area (TPSA) is 82.9 Å². The number of fused-ring (bicyclic) bond motifs is 1. The van der Waals surface area contributed by atoms with Crippen LogP contribution in [0.3, 0.4) is 0 Å². The van der Waals surface area contributed by atoms with Crippen LogP contribution < -0.4 is 5.01 Å². The van der Waals surface area contributed by atoms with Gasteiger partial charge < -0.3 is 0 Å². The summed E-state index contributed by atoms with van der Waals surface area (Å²) in [7, 11) is -3.67. The summed E-state index contributed by atoms with van der Waals surface area (Å²) in [5.74, 6) is -0.889. The van der Waals surface area contributed by atoms with Crippen molar-refractivity contribution in [3.63, 3.8) is 0 Å². The zero-order valence-electron chi connectivity index (χ0n) is 20.5. The third-order valence-electron chi connectivity index (χ3n) is 5.52. The molecule has 1 heterocycles. The number of sulfonamides is 1. The van der Waals surface area contributed by atoms with Gasteiger partial charge in [-0.05, 0) is 60.9 Å². The van der Waals surface area contributed by atoms with Gasteiger partial charge in [-0.15, -0.1) is 0 Å². The second kappa shape index (κ2) is 11.7. The average Bonchev–Trinajstić information content (AvgIpc) is 3.32. The minimum Gasteiger partial charge on any atom is -0.267 e. The maximum Gasteiger partial charge on any atom is 0.280 e. The average molecular weight is 539 g/mol. The fourth-order valence-electron chi connectivity index (χ4n) is 3.72. The van der Waals surface area contributed by atoms with E-state index in [4.69, 9.17) is 0 Å². The molecule has 0 spiro atoms. The summed E-state index contributed by atoms with van der Waals surface area (Å²) in [5.41, 5.74) is 1.57. The lowest BCUT2D eigenvalue weighted by Gasteiger charge is -2.21. The van der Waals surface area contributed by atoms with E-state index < -0.39 is 21.7 Å². The van der Waals surface area contributed by atoms with Crippen molar-refractivity contribution in [2.24, 2.45) is 5.10 Å². The van der Waals surface area contributed by atoms with Crippen molar-refractivity contribution in [3.8, 4) is 0 Å². The Bertz CT molecular complexity index is 1500. The lowest BCUT2D eigenvalue weighted by Crippen LogP contribution is -2.32. The number of hydrogen-bond acceptors (Lipinski definition) is 6. The number of hydrogen-bond donors (Lipinski definition) is 0. The van der Waals surface area contributed by atoms with Crippen LogP contribution in [-0.4, -0.2) is 42.9 Å². The van der Waals surface area contributed by atoms with Gasteiger partial charge in [0.05, 0.1) is 21.3 Å².